The van der Waals surface area contributed by atoms with Gasteiger partial charge in [-0.3, -0.25) is 0 Å². The fourth-order valence-electron chi connectivity index (χ4n) is 2.62. The molecule has 2 aromatic carbocycles. The molecule has 0 unspecified atom stereocenters. The molecule has 144 valence electrons. The third-order valence-corrected chi connectivity index (χ3v) is 4.00. The molecule has 7 nitrogen and oxygen atoms in total. The number of rotatable bonds is 8. The molecule has 5 N–H and O–H groups in total. The van der Waals surface area contributed by atoms with Crippen LogP contribution in [0.2, 0.25) is 0 Å². The Labute approximate surface area is 154 Å². The van der Waals surface area contributed by atoms with Crippen LogP contribution in [-0.4, -0.2) is 42.8 Å². The Morgan fingerprint density at radius 3 is 1.89 bits per heavy atom. The molecule has 0 saturated heterocycles. The molecule has 2 aromatic rings. The van der Waals surface area contributed by atoms with Gasteiger partial charge in [-0.2, -0.15) is 0 Å². The van der Waals surface area contributed by atoms with Gasteiger partial charge in [-0.25, -0.2) is 18.4 Å². The number of hydrogen-bond donors (Lipinski definition) is 5. The van der Waals surface area contributed by atoms with Crippen LogP contribution in [0.1, 0.15) is 26.3 Å². The van der Waals surface area contributed by atoms with Crippen LogP contribution in [0.25, 0.3) is 0 Å². The number of carboxylic acids is 2. The Hall–Kier alpha value is -3.36. The van der Waals surface area contributed by atoms with Crippen LogP contribution in [0.3, 0.4) is 0 Å². The van der Waals surface area contributed by atoms with Gasteiger partial charge in [0.1, 0.15) is 11.6 Å². The molecular weight excluding hydrogens is 360 g/mol. The molecule has 27 heavy (non-hydrogen) atoms. The van der Waals surface area contributed by atoms with Crippen molar-refractivity contribution < 1.29 is 28.6 Å². The van der Waals surface area contributed by atoms with Crippen molar-refractivity contribution in [3.63, 3.8) is 0 Å². The van der Waals surface area contributed by atoms with Gasteiger partial charge in [0.2, 0.25) is 0 Å². The van der Waals surface area contributed by atoms with E-state index in [2.05, 4.69) is 16.0 Å². The minimum atomic E-state index is -1.26. The normalized spacial score (nSPS) is 10.4. The van der Waals surface area contributed by atoms with Crippen molar-refractivity contribution in [2.75, 3.05) is 36.6 Å². The number of carboxylic acid groups (broad SMARTS) is 2. The van der Waals surface area contributed by atoms with Crippen molar-refractivity contribution in [2.24, 2.45) is 0 Å². The maximum atomic E-state index is 14.1. The first kappa shape index (κ1) is 20.0. The topological polar surface area (TPSA) is 111 Å². The van der Waals surface area contributed by atoms with E-state index in [-0.39, 0.29) is 46.7 Å². The molecule has 0 aromatic heterocycles. The first-order valence-corrected chi connectivity index (χ1v) is 8.00. The summed E-state index contributed by atoms with van der Waals surface area (Å²) in [4.78, 5) is 22.2. The highest BCUT2D eigenvalue weighted by molar-refractivity contribution is 5.95. The second kappa shape index (κ2) is 8.35. The highest BCUT2D eigenvalue weighted by Crippen LogP contribution is 2.25. The van der Waals surface area contributed by atoms with Crippen LogP contribution < -0.4 is 16.0 Å². The fourth-order valence-corrected chi connectivity index (χ4v) is 2.62. The van der Waals surface area contributed by atoms with Gasteiger partial charge < -0.3 is 26.2 Å². The standard InChI is InChI=1S/C18H19F2N3O4/c1-21-14-5-9(12(19)6-10(14)17(24)25)3-4-23-16-8-15(22-2)11(18(26)27)7-13(16)20/h5-8,21-23H,3-4H2,1-2H3,(H,24,25)(H,26,27). The second-order valence-electron chi connectivity index (χ2n) is 5.65. The first-order valence-electron chi connectivity index (χ1n) is 8.00. The van der Waals surface area contributed by atoms with Crippen molar-refractivity contribution in [3.8, 4) is 0 Å². The van der Waals surface area contributed by atoms with Crippen LogP contribution in [0.4, 0.5) is 25.8 Å². The molecule has 0 amide bonds. The summed E-state index contributed by atoms with van der Waals surface area (Å²) in [6.45, 7) is 0.152. The van der Waals surface area contributed by atoms with Crippen LogP contribution in [0, 0.1) is 11.6 Å². The summed E-state index contributed by atoms with van der Waals surface area (Å²) < 4.78 is 28.2. The Balaban J connectivity index is 2.17. The lowest BCUT2D eigenvalue weighted by molar-refractivity contribution is 0.0686. The van der Waals surface area contributed by atoms with Crippen molar-refractivity contribution in [1.29, 1.82) is 0 Å². The van der Waals surface area contributed by atoms with Gasteiger partial charge in [-0.05, 0) is 36.2 Å². The smallest absolute Gasteiger partial charge is 0.337 e. The molecule has 0 fully saturated rings. The molecule has 9 heteroatoms. The van der Waals surface area contributed by atoms with E-state index in [0.717, 1.165) is 12.1 Å². The number of aromatic carboxylic acids is 2. The predicted octanol–water partition coefficient (Wildman–Crippen LogP) is 3.10. The van der Waals surface area contributed by atoms with Gasteiger partial charge in [0, 0.05) is 26.3 Å². The Morgan fingerprint density at radius 2 is 1.37 bits per heavy atom. The zero-order chi connectivity index (χ0) is 20.1. The quantitative estimate of drug-likeness (QED) is 0.479. The molecule has 0 aliphatic heterocycles. The molecule has 0 bridgehead atoms. The van der Waals surface area contributed by atoms with Gasteiger partial charge in [-0.1, -0.05) is 0 Å². The van der Waals surface area contributed by atoms with Crippen molar-refractivity contribution in [2.45, 2.75) is 6.42 Å². The zero-order valence-corrected chi connectivity index (χ0v) is 14.7. The molecule has 0 saturated carbocycles. The van der Waals surface area contributed by atoms with Crippen molar-refractivity contribution >= 4 is 29.0 Å². The lowest BCUT2D eigenvalue weighted by atomic mass is 10.1. The highest BCUT2D eigenvalue weighted by atomic mass is 19.1. The molecule has 0 atom stereocenters. The second-order valence-corrected chi connectivity index (χ2v) is 5.65. The summed E-state index contributed by atoms with van der Waals surface area (Å²) in [6.07, 6.45) is 0.162. The molecule has 0 spiro atoms. The van der Waals surface area contributed by atoms with Crippen molar-refractivity contribution in [1.82, 2.24) is 0 Å². The molecule has 0 heterocycles. The van der Waals surface area contributed by atoms with Crippen LogP contribution >= 0.6 is 0 Å². The molecule has 0 radical (unpaired) electrons. The average Bonchev–Trinajstić information content (AvgIpc) is 2.63. The lowest BCUT2D eigenvalue weighted by Gasteiger charge is -2.13. The number of nitrogens with one attached hydrogen (secondary N) is 3. The van der Waals surface area contributed by atoms with Gasteiger partial charge in [0.05, 0.1) is 22.5 Å². The average molecular weight is 379 g/mol. The van der Waals surface area contributed by atoms with E-state index in [9.17, 15) is 18.4 Å². The van der Waals surface area contributed by atoms with E-state index in [0.29, 0.717) is 0 Å². The minimum absolute atomic E-state index is 0.0701. The predicted molar refractivity (Wildman–Crippen MR) is 98.0 cm³/mol. The summed E-state index contributed by atoms with van der Waals surface area (Å²) in [5.74, 6) is -3.93. The number of hydrogen-bond acceptors (Lipinski definition) is 5. The van der Waals surface area contributed by atoms with E-state index in [4.69, 9.17) is 10.2 Å². The van der Waals surface area contributed by atoms with E-state index in [1.54, 1.807) is 0 Å². The third kappa shape index (κ3) is 4.43. The monoisotopic (exact) mass is 379 g/mol. The molecule has 0 aliphatic carbocycles. The van der Waals surface area contributed by atoms with E-state index < -0.39 is 23.6 Å². The lowest BCUT2D eigenvalue weighted by Crippen LogP contribution is -2.11. The zero-order valence-electron chi connectivity index (χ0n) is 14.7. The van der Waals surface area contributed by atoms with Crippen LogP contribution in [-0.2, 0) is 6.42 Å². The number of benzene rings is 2. The van der Waals surface area contributed by atoms with Crippen LogP contribution in [0.5, 0.6) is 0 Å². The molecular formula is C18H19F2N3O4. The number of carbonyl (C=O) groups is 2. The molecule has 2 rings (SSSR count). The minimum Gasteiger partial charge on any atom is -0.478 e. The Kier molecular flexibility index (Phi) is 6.17. The van der Waals surface area contributed by atoms with Gasteiger partial charge in [0.15, 0.2) is 0 Å². The maximum Gasteiger partial charge on any atom is 0.337 e. The summed E-state index contributed by atoms with van der Waals surface area (Å²) in [5.41, 5.74) is 0.457. The summed E-state index contributed by atoms with van der Waals surface area (Å²) in [7, 11) is 3.04. The largest absolute Gasteiger partial charge is 0.478 e. The van der Waals surface area contributed by atoms with Gasteiger partial charge in [-0.15, -0.1) is 0 Å². The SMILES string of the molecule is CNc1cc(CCNc2cc(NC)c(C(=O)O)cc2F)c(F)cc1C(=O)O. The maximum absolute atomic E-state index is 14.1. The Bertz CT molecular complexity index is 816. The van der Waals surface area contributed by atoms with E-state index in [1.165, 1.54) is 26.2 Å². The highest BCUT2D eigenvalue weighted by Gasteiger charge is 2.16. The van der Waals surface area contributed by atoms with E-state index in [1.807, 2.05) is 0 Å². The molecule has 0 aliphatic rings. The number of halogens is 2. The van der Waals surface area contributed by atoms with Crippen molar-refractivity contribution in [3.05, 3.63) is 52.6 Å². The summed E-state index contributed by atoms with van der Waals surface area (Å²) in [6, 6.07) is 4.55. The van der Waals surface area contributed by atoms with E-state index >= 15 is 0 Å². The summed E-state index contributed by atoms with van der Waals surface area (Å²) in [5, 5.41) is 26.3. The fraction of sp³-hybridized carbons (Fsp3) is 0.222. The van der Waals surface area contributed by atoms with Crippen LogP contribution in [0.15, 0.2) is 24.3 Å². The van der Waals surface area contributed by atoms with Gasteiger partial charge >= 0.3 is 11.9 Å². The van der Waals surface area contributed by atoms with Gasteiger partial charge in [0.25, 0.3) is 0 Å². The first-order chi connectivity index (χ1) is 12.8. The Morgan fingerprint density at radius 1 is 0.852 bits per heavy atom. The number of anilines is 3. The summed E-state index contributed by atoms with van der Waals surface area (Å²) >= 11 is 0. The third-order valence-electron chi connectivity index (χ3n) is 4.00.